The summed E-state index contributed by atoms with van der Waals surface area (Å²) in [6, 6.07) is 10.3. The Balaban J connectivity index is 1.58. The summed E-state index contributed by atoms with van der Waals surface area (Å²) in [5.41, 5.74) is 2.95. The number of hydrogen-bond donors (Lipinski definition) is 1. The molecular weight excluding hydrogens is 370 g/mol. The molecule has 3 aromatic heterocycles. The first-order valence-electron chi connectivity index (χ1n) is 7.65. The van der Waals surface area contributed by atoms with Crippen LogP contribution in [0.15, 0.2) is 41.0 Å². The quantitative estimate of drug-likeness (QED) is 0.495. The molecule has 1 aromatic carbocycles. The van der Waals surface area contributed by atoms with Crippen LogP contribution in [0.1, 0.15) is 10.6 Å². The van der Waals surface area contributed by atoms with Crippen molar-refractivity contribution in [2.24, 2.45) is 0 Å². The van der Waals surface area contributed by atoms with E-state index in [1.165, 1.54) is 4.88 Å². The van der Waals surface area contributed by atoms with Gasteiger partial charge in [-0.05, 0) is 13.2 Å². The van der Waals surface area contributed by atoms with Gasteiger partial charge in [-0.1, -0.05) is 42.1 Å². The average molecular weight is 386 g/mol. The Labute approximate surface area is 157 Å². The maximum atomic E-state index is 4.71. The van der Waals surface area contributed by atoms with Gasteiger partial charge in [-0.25, -0.2) is 19.9 Å². The second-order valence-corrected chi connectivity index (χ2v) is 8.44. The Morgan fingerprint density at radius 1 is 1.08 bits per heavy atom. The topological polar surface area (TPSA) is 63.6 Å². The van der Waals surface area contributed by atoms with Crippen molar-refractivity contribution in [1.29, 1.82) is 0 Å². The van der Waals surface area contributed by atoms with Gasteiger partial charge in [0.25, 0.3) is 0 Å². The third-order valence-corrected chi connectivity index (χ3v) is 6.92. The maximum Gasteiger partial charge on any atom is 0.176 e. The van der Waals surface area contributed by atoms with Crippen molar-refractivity contribution >= 4 is 50.6 Å². The zero-order valence-electron chi connectivity index (χ0n) is 13.7. The van der Waals surface area contributed by atoms with Gasteiger partial charge in [-0.3, -0.25) is 0 Å². The first-order valence-corrected chi connectivity index (χ1v) is 10.5. The van der Waals surface area contributed by atoms with Gasteiger partial charge in [0.05, 0.1) is 12.2 Å². The molecule has 3 heterocycles. The molecule has 0 aliphatic carbocycles. The molecule has 0 amide bonds. The lowest BCUT2D eigenvalue weighted by molar-refractivity contribution is 1.09. The van der Waals surface area contributed by atoms with Crippen LogP contribution >= 0.6 is 34.4 Å². The molecule has 4 aromatic rings. The summed E-state index contributed by atoms with van der Waals surface area (Å²) in [6.07, 6.45) is 3.58. The monoisotopic (exact) mass is 385 g/mol. The second-order valence-electron chi connectivity index (χ2n) is 5.31. The Bertz CT molecular complexity index is 1010. The molecule has 0 saturated carbocycles. The molecular formula is C17H15N5S3. The molecule has 0 bridgehead atoms. The van der Waals surface area contributed by atoms with Crippen molar-refractivity contribution in [3.63, 3.8) is 0 Å². The highest BCUT2D eigenvalue weighted by molar-refractivity contribution is 8.00. The SMILES string of the molecule is CSc1nc2ncnc(NCc3sc(-c4ccccc4)nc3C)c2s1. The molecule has 8 heteroatoms. The summed E-state index contributed by atoms with van der Waals surface area (Å²) in [6.45, 7) is 2.74. The van der Waals surface area contributed by atoms with Crippen molar-refractivity contribution in [2.45, 2.75) is 17.8 Å². The van der Waals surface area contributed by atoms with E-state index in [0.29, 0.717) is 6.54 Å². The highest BCUT2D eigenvalue weighted by Crippen LogP contribution is 2.32. The van der Waals surface area contributed by atoms with E-state index in [4.69, 9.17) is 4.98 Å². The Morgan fingerprint density at radius 3 is 2.72 bits per heavy atom. The third kappa shape index (κ3) is 3.37. The van der Waals surface area contributed by atoms with Crippen molar-refractivity contribution in [3.8, 4) is 10.6 Å². The molecule has 25 heavy (non-hydrogen) atoms. The molecule has 0 spiro atoms. The van der Waals surface area contributed by atoms with E-state index in [-0.39, 0.29) is 0 Å². The maximum absolute atomic E-state index is 4.71. The number of rotatable bonds is 5. The standard InChI is InChI=1S/C17H15N5S3/c1-10-12(24-16(21-10)11-6-4-3-5-7-11)8-18-14-13-15(20-9-19-14)22-17(23-2)25-13/h3-7,9H,8H2,1-2H3,(H,18,19,20). The fraction of sp³-hybridized carbons (Fsp3) is 0.176. The number of thiazole rings is 2. The summed E-state index contributed by atoms with van der Waals surface area (Å²) in [7, 11) is 0. The van der Waals surface area contributed by atoms with Gasteiger partial charge < -0.3 is 5.32 Å². The fourth-order valence-electron chi connectivity index (χ4n) is 2.41. The molecule has 5 nitrogen and oxygen atoms in total. The highest BCUT2D eigenvalue weighted by Gasteiger charge is 2.12. The van der Waals surface area contributed by atoms with Crippen LogP contribution in [0.3, 0.4) is 0 Å². The first kappa shape index (κ1) is 16.4. The summed E-state index contributed by atoms with van der Waals surface area (Å²) < 4.78 is 2.00. The normalized spacial score (nSPS) is 11.1. The number of fused-ring (bicyclic) bond motifs is 1. The lowest BCUT2D eigenvalue weighted by atomic mass is 10.2. The van der Waals surface area contributed by atoms with Gasteiger partial charge in [-0.15, -0.1) is 22.7 Å². The molecule has 0 radical (unpaired) electrons. The minimum Gasteiger partial charge on any atom is -0.364 e. The minimum atomic E-state index is 0.689. The van der Waals surface area contributed by atoms with E-state index < -0.39 is 0 Å². The van der Waals surface area contributed by atoms with Crippen molar-refractivity contribution in [1.82, 2.24) is 19.9 Å². The molecule has 0 aliphatic heterocycles. The van der Waals surface area contributed by atoms with Crippen LogP contribution in [0.5, 0.6) is 0 Å². The lowest BCUT2D eigenvalue weighted by Gasteiger charge is -2.04. The summed E-state index contributed by atoms with van der Waals surface area (Å²) in [4.78, 5) is 19.0. The van der Waals surface area contributed by atoms with E-state index in [1.807, 2.05) is 31.4 Å². The predicted molar refractivity (Wildman–Crippen MR) is 107 cm³/mol. The van der Waals surface area contributed by atoms with E-state index >= 15 is 0 Å². The smallest absolute Gasteiger partial charge is 0.176 e. The molecule has 126 valence electrons. The second kappa shape index (κ2) is 7.07. The molecule has 0 aliphatic rings. The number of aromatic nitrogens is 4. The Hall–Kier alpha value is -2.03. The molecule has 1 N–H and O–H groups in total. The van der Waals surface area contributed by atoms with Gasteiger partial charge in [0.1, 0.15) is 21.9 Å². The van der Waals surface area contributed by atoms with Crippen molar-refractivity contribution in [3.05, 3.63) is 47.2 Å². The van der Waals surface area contributed by atoms with E-state index in [1.54, 1.807) is 40.8 Å². The molecule has 0 atom stereocenters. The number of nitrogens with zero attached hydrogens (tertiary/aromatic N) is 4. The number of hydrogen-bond acceptors (Lipinski definition) is 8. The van der Waals surface area contributed by atoms with Gasteiger partial charge in [0.15, 0.2) is 9.99 Å². The number of nitrogens with one attached hydrogen (secondary N) is 1. The largest absolute Gasteiger partial charge is 0.364 e. The van der Waals surface area contributed by atoms with Gasteiger partial charge in [-0.2, -0.15) is 0 Å². The molecule has 0 saturated heterocycles. The van der Waals surface area contributed by atoms with Crippen LogP contribution in [-0.2, 0) is 6.54 Å². The predicted octanol–water partition coefficient (Wildman–Crippen LogP) is 4.85. The Morgan fingerprint density at radius 2 is 1.92 bits per heavy atom. The van der Waals surface area contributed by atoms with Crippen LogP contribution < -0.4 is 5.32 Å². The van der Waals surface area contributed by atoms with E-state index in [9.17, 15) is 0 Å². The van der Waals surface area contributed by atoms with Gasteiger partial charge >= 0.3 is 0 Å². The van der Waals surface area contributed by atoms with Crippen molar-refractivity contribution < 1.29 is 0 Å². The number of aryl methyl sites for hydroxylation is 1. The zero-order chi connectivity index (χ0) is 17.2. The van der Waals surface area contributed by atoms with Crippen LogP contribution in [0.4, 0.5) is 5.82 Å². The van der Waals surface area contributed by atoms with Crippen molar-refractivity contribution in [2.75, 3.05) is 11.6 Å². The van der Waals surface area contributed by atoms with Crippen LogP contribution in [-0.4, -0.2) is 26.2 Å². The molecule has 4 rings (SSSR count). The minimum absolute atomic E-state index is 0.689. The van der Waals surface area contributed by atoms with Crippen LogP contribution in [0, 0.1) is 6.92 Å². The first-order chi connectivity index (χ1) is 12.2. The van der Waals surface area contributed by atoms with Crippen LogP contribution in [0.2, 0.25) is 0 Å². The number of benzene rings is 1. The van der Waals surface area contributed by atoms with Gasteiger partial charge in [0, 0.05) is 10.4 Å². The fourth-order valence-corrected chi connectivity index (χ4v) is 4.89. The lowest BCUT2D eigenvalue weighted by Crippen LogP contribution is -2.01. The van der Waals surface area contributed by atoms with Crippen LogP contribution in [0.25, 0.3) is 20.9 Å². The number of thioether (sulfide) groups is 1. The Kier molecular flexibility index (Phi) is 4.65. The summed E-state index contributed by atoms with van der Waals surface area (Å²) in [5.74, 6) is 0.830. The molecule has 0 unspecified atom stereocenters. The molecule has 0 fully saturated rings. The average Bonchev–Trinajstić information content (AvgIpc) is 3.24. The van der Waals surface area contributed by atoms with E-state index in [0.717, 1.165) is 36.8 Å². The third-order valence-electron chi connectivity index (χ3n) is 3.68. The zero-order valence-corrected chi connectivity index (χ0v) is 16.1. The van der Waals surface area contributed by atoms with Gasteiger partial charge in [0.2, 0.25) is 0 Å². The van der Waals surface area contributed by atoms with E-state index in [2.05, 4.69) is 32.4 Å². The summed E-state index contributed by atoms with van der Waals surface area (Å²) in [5, 5.41) is 4.47. The summed E-state index contributed by atoms with van der Waals surface area (Å²) >= 11 is 4.96. The number of anilines is 1. The highest BCUT2D eigenvalue weighted by atomic mass is 32.2.